The van der Waals surface area contributed by atoms with Crippen LogP contribution in [-0.4, -0.2) is 73.5 Å². The quantitative estimate of drug-likeness (QED) is 0.849. The van der Waals surface area contributed by atoms with Crippen LogP contribution in [0.2, 0.25) is 0 Å². The van der Waals surface area contributed by atoms with Gasteiger partial charge in [-0.25, -0.2) is 0 Å². The molecule has 2 fully saturated rings. The third-order valence-corrected chi connectivity index (χ3v) is 5.14. The Labute approximate surface area is 139 Å². The normalized spacial score (nSPS) is 23.5. The molecule has 1 aromatic rings. The molecule has 0 aromatic carbocycles. The number of morpholine rings is 1. The summed E-state index contributed by atoms with van der Waals surface area (Å²) in [6.07, 6.45) is 2.54. The van der Waals surface area contributed by atoms with Crippen LogP contribution < -0.4 is 5.32 Å². The maximum atomic E-state index is 5.45. The summed E-state index contributed by atoms with van der Waals surface area (Å²) in [6.45, 7) is 13.3. The van der Waals surface area contributed by atoms with Gasteiger partial charge < -0.3 is 14.6 Å². The van der Waals surface area contributed by atoms with Crippen molar-refractivity contribution >= 4 is 0 Å². The molecule has 6 nitrogen and oxygen atoms in total. The highest BCUT2D eigenvalue weighted by Crippen LogP contribution is 2.19. The summed E-state index contributed by atoms with van der Waals surface area (Å²) in [5.74, 6) is 0.961. The zero-order chi connectivity index (χ0) is 16.1. The molecule has 0 bridgehead atoms. The molecule has 2 aliphatic heterocycles. The molecule has 1 aromatic heterocycles. The van der Waals surface area contributed by atoms with Gasteiger partial charge in [0, 0.05) is 50.9 Å². The molecule has 23 heavy (non-hydrogen) atoms. The number of hydrogen-bond acceptors (Lipinski definition) is 6. The summed E-state index contributed by atoms with van der Waals surface area (Å²) in [4.78, 5) is 5.13. The fourth-order valence-corrected chi connectivity index (χ4v) is 3.56. The van der Waals surface area contributed by atoms with Gasteiger partial charge in [0.25, 0.3) is 0 Å². The number of nitrogens with one attached hydrogen (secondary N) is 1. The predicted molar refractivity (Wildman–Crippen MR) is 89.5 cm³/mol. The van der Waals surface area contributed by atoms with Gasteiger partial charge in [0.05, 0.1) is 18.9 Å². The monoisotopic (exact) mass is 322 g/mol. The van der Waals surface area contributed by atoms with Crippen LogP contribution in [-0.2, 0) is 11.3 Å². The smallest absolute Gasteiger partial charge is 0.138 e. The number of hydrogen-bond donors (Lipinski definition) is 1. The van der Waals surface area contributed by atoms with Gasteiger partial charge in [-0.2, -0.15) is 0 Å². The Morgan fingerprint density at radius 1 is 1.30 bits per heavy atom. The van der Waals surface area contributed by atoms with E-state index in [0.29, 0.717) is 6.04 Å². The molecular formula is C17H30N4O2. The van der Waals surface area contributed by atoms with Crippen molar-refractivity contribution in [2.75, 3.05) is 52.5 Å². The van der Waals surface area contributed by atoms with Crippen molar-refractivity contribution in [2.24, 2.45) is 0 Å². The Morgan fingerprint density at radius 2 is 2.13 bits per heavy atom. The van der Waals surface area contributed by atoms with E-state index in [-0.39, 0.29) is 0 Å². The summed E-state index contributed by atoms with van der Waals surface area (Å²) >= 11 is 0. The Balaban J connectivity index is 1.63. The molecule has 0 radical (unpaired) electrons. The molecule has 0 spiro atoms. The zero-order valence-electron chi connectivity index (χ0n) is 14.5. The van der Waals surface area contributed by atoms with Crippen molar-refractivity contribution in [1.82, 2.24) is 20.3 Å². The molecular weight excluding hydrogens is 292 g/mol. The van der Waals surface area contributed by atoms with Crippen molar-refractivity contribution < 1.29 is 9.26 Å². The molecule has 0 saturated carbocycles. The molecule has 130 valence electrons. The first kappa shape index (κ1) is 16.9. The largest absolute Gasteiger partial charge is 0.379 e. The molecule has 1 unspecified atom stereocenters. The van der Waals surface area contributed by atoms with Crippen molar-refractivity contribution in [2.45, 2.75) is 39.3 Å². The minimum atomic E-state index is 0.610. The molecule has 0 aliphatic carbocycles. The summed E-state index contributed by atoms with van der Waals surface area (Å²) in [5.41, 5.74) is 2.29. The number of aromatic nitrogens is 1. The number of rotatable bonds is 6. The topological polar surface area (TPSA) is 53.8 Å². The van der Waals surface area contributed by atoms with Crippen LogP contribution >= 0.6 is 0 Å². The Bertz CT molecular complexity index is 459. The van der Waals surface area contributed by atoms with Gasteiger partial charge in [0.2, 0.25) is 0 Å². The minimum Gasteiger partial charge on any atom is -0.379 e. The Morgan fingerprint density at radius 3 is 2.78 bits per heavy atom. The Kier molecular flexibility index (Phi) is 6.05. The van der Waals surface area contributed by atoms with Gasteiger partial charge in [-0.15, -0.1) is 0 Å². The highest BCUT2D eigenvalue weighted by molar-refractivity contribution is 5.20. The second-order valence-electron chi connectivity index (χ2n) is 6.73. The highest BCUT2D eigenvalue weighted by atomic mass is 16.5. The average molecular weight is 322 g/mol. The number of nitrogens with zero attached hydrogens (tertiary/aromatic N) is 3. The second kappa shape index (κ2) is 8.24. The highest BCUT2D eigenvalue weighted by Gasteiger charge is 2.24. The van der Waals surface area contributed by atoms with Gasteiger partial charge >= 0.3 is 0 Å². The average Bonchev–Trinajstić information content (AvgIpc) is 2.92. The number of piperidine rings is 1. The van der Waals surface area contributed by atoms with Crippen molar-refractivity contribution in [1.29, 1.82) is 0 Å². The number of aryl methyl sites for hydroxylation is 2. The third kappa shape index (κ3) is 4.53. The van der Waals surface area contributed by atoms with E-state index in [2.05, 4.69) is 20.3 Å². The van der Waals surface area contributed by atoms with Gasteiger partial charge in [0.15, 0.2) is 0 Å². The third-order valence-electron chi connectivity index (χ3n) is 5.14. The van der Waals surface area contributed by atoms with E-state index in [4.69, 9.17) is 9.26 Å². The van der Waals surface area contributed by atoms with E-state index < -0.39 is 0 Å². The molecule has 1 atom stereocenters. The predicted octanol–water partition coefficient (Wildman–Crippen LogP) is 1.18. The van der Waals surface area contributed by atoms with Crippen LogP contribution in [0, 0.1) is 13.8 Å². The maximum absolute atomic E-state index is 5.45. The first-order chi connectivity index (χ1) is 11.2. The second-order valence-corrected chi connectivity index (χ2v) is 6.73. The minimum absolute atomic E-state index is 0.610. The van der Waals surface area contributed by atoms with Gasteiger partial charge in [-0.3, -0.25) is 9.80 Å². The van der Waals surface area contributed by atoms with Crippen LogP contribution in [0.1, 0.15) is 29.9 Å². The first-order valence-corrected chi connectivity index (χ1v) is 8.90. The van der Waals surface area contributed by atoms with Crippen molar-refractivity contribution in [3.05, 3.63) is 17.0 Å². The maximum Gasteiger partial charge on any atom is 0.138 e. The van der Waals surface area contributed by atoms with Gasteiger partial charge in [0.1, 0.15) is 5.76 Å². The Hall–Kier alpha value is -0.950. The molecule has 2 aliphatic rings. The lowest BCUT2D eigenvalue weighted by atomic mass is 10.0. The molecule has 1 N–H and O–H groups in total. The fourth-order valence-electron chi connectivity index (χ4n) is 3.56. The lowest BCUT2D eigenvalue weighted by Crippen LogP contribution is -2.49. The summed E-state index contributed by atoms with van der Waals surface area (Å²) in [6, 6.07) is 0.610. The van der Waals surface area contributed by atoms with Crippen LogP contribution in [0.5, 0.6) is 0 Å². The lowest BCUT2D eigenvalue weighted by molar-refractivity contribution is 0.0289. The van der Waals surface area contributed by atoms with E-state index in [9.17, 15) is 0 Å². The summed E-state index contributed by atoms with van der Waals surface area (Å²) < 4.78 is 10.8. The van der Waals surface area contributed by atoms with E-state index in [1.54, 1.807) is 0 Å². The zero-order valence-corrected chi connectivity index (χ0v) is 14.5. The van der Waals surface area contributed by atoms with Crippen molar-refractivity contribution in [3.8, 4) is 0 Å². The van der Waals surface area contributed by atoms with Crippen LogP contribution in [0.4, 0.5) is 0 Å². The summed E-state index contributed by atoms with van der Waals surface area (Å²) in [7, 11) is 0. The molecule has 3 rings (SSSR count). The van der Waals surface area contributed by atoms with E-state index in [1.807, 2.05) is 13.8 Å². The van der Waals surface area contributed by atoms with Crippen LogP contribution in [0.3, 0.4) is 0 Å². The van der Waals surface area contributed by atoms with E-state index in [1.165, 1.54) is 18.4 Å². The van der Waals surface area contributed by atoms with E-state index >= 15 is 0 Å². The first-order valence-electron chi connectivity index (χ1n) is 8.90. The van der Waals surface area contributed by atoms with Gasteiger partial charge in [-0.1, -0.05) is 5.16 Å². The molecule has 3 heterocycles. The number of ether oxygens (including phenoxy) is 1. The van der Waals surface area contributed by atoms with Crippen LogP contribution in [0.25, 0.3) is 0 Å². The summed E-state index contributed by atoms with van der Waals surface area (Å²) in [5, 5.41) is 7.67. The van der Waals surface area contributed by atoms with Gasteiger partial charge in [-0.05, 0) is 33.2 Å². The molecule has 6 heteroatoms. The fraction of sp³-hybridized carbons (Fsp3) is 0.824. The standard InChI is InChI=1S/C17H30N4O2/c1-14-17(15(2)23-19-14)13-21(16-4-3-5-18-12-16)7-6-20-8-10-22-11-9-20/h16,18H,3-13H2,1-2H3. The SMILES string of the molecule is Cc1noc(C)c1CN(CCN1CCOCC1)C1CCCNC1. The molecule has 0 amide bonds. The van der Waals surface area contributed by atoms with E-state index in [0.717, 1.165) is 70.5 Å². The molecule has 2 saturated heterocycles. The lowest BCUT2D eigenvalue weighted by Gasteiger charge is -2.36. The van der Waals surface area contributed by atoms with Crippen molar-refractivity contribution in [3.63, 3.8) is 0 Å². The van der Waals surface area contributed by atoms with Crippen LogP contribution in [0.15, 0.2) is 4.52 Å².